The minimum absolute atomic E-state index is 0.712. The van der Waals surface area contributed by atoms with Gasteiger partial charge in [0.05, 0.1) is 6.33 Å². The minimum Gasteiger partial charge on any atom is -0.334 e. The number of rotatable bonds is 5. The molecule has 0 saturated heterocycles. The van der Waals surface area contributed by atoms with Crippen LogP contribution in [0.1, 0.15) is 25.5 Å². The van der Waals surface area contributed by atoms with Gasteiger partial charge in [-0.1, -0.05) is 6.92 Å². The van der Waals surface area contributed by atoms with Crippen LogP contribution in [0.25, 0.3) is 0 Å². The smallest absolute Gasteiger partial charge is 0.0948 e. The molecule has 1 saturated carbocycles. The lowest BCUT2D eigenvalue weighted by atomic mass is 10.1. The van der Waals surface area contributed by atoms with Gasteiger partial charge in [0, 0.05) is 24.9 Å². The first-order valence-corrected chi connectivity index (χ1v) is 5.50. The molecule has 1 aliphatic carbocycles. The van der Waals surface area contributed by atoms with E-state index < -0.39 is 0 Å². The van der Waals surface area contributed by atoms with Crippen molar-refractivity contribution in [2.75, 3.05) is 6.54 Å². The van der Waals surface area contributed by atoms with Gasteiger partial charge in [-0.3, -0.25) is 0 Å². The van der Waals surface area contributed by atoms with Crippen LogP contribution in [-0.4, -0.2) is 16.1 Å². The van der Waals surface area contributed by atoms with Gasteiger partial charge in [0.1, 0.15) is 0 Å². The Morgan fingerprint density at radius 1 is 1.64 bits per heavy atom. The third-order valence-electron chi connectivity index (χ3n) is 3.11. The van der Waals surface area contributed by atoms with Gasteiger partial charge >= 0.3 is 0 Å². The second-order valence-corrected chi connectivity index (χ2v) is 4.39. The van der Waals surface area contributed by atoms with Crippen LogP contribution in [0.15, 0.2) is 12.5 Å². The van der Waals surface area contributed by atoms with Crippen LogP contribution in [0, 0.1) is 11.8 Å². The number of hydrogen-bond acceptors (Lipinski definition) is 2. The molecule has 1 aromatic heterocycles. The Morgan fingerprint density at radius 2 is 2.43 bits per heavy atom. The second-order valence-electron chi connectivity index (χ2n) is 4.39. The number of aromatic nitrogens is 2. The summed E-state index contributed by atoms with van der Waals surface area (Å²) in [7, 11) is 0. The van der Waals surface area contributed by atoms with Gasteiger partial charge in [-0.2, -0.15) is 0 Å². The highest BCUT2D eigenvalue weighted by atomic mass is 15.0. The molecule has 3 heteroatoms. The SMILES string of the molecule is CC(Cn1cncc1CCN)C1CC1. The van der Waals surface area contributed by atoms with E-state index in [-0.39, 0.29) is 0 Å². The fourth-order valence-electron chi connectivity index (χ4n) is 1.99. The highest BCUT2D eigenvalue weighted by Gasteiger charge is 2.28. The third-order valence-corrected chi connectivity index (χ3v) is 3.11. The molecule has 0 bridgehead atoms. The molecule has 3 nitrogen and oxygen atoms in total. The highest BCUT2D eigenvalue weighted by molar-refractivity contribution is 4.99. The van der Waals surface area contributed by atoms with E-state index in [1.807, 2.05) is 12.5 Å². The minimum atomic E-state index is 0.712. The van der Waals surface area contributed by atoms with E-state index in [2.05, 4.69) is 16.5 Å². The van der Waals surface area contributed by atoms with E-state index in [9.17, 15) is 0 Å². The van der Waals surface area contributed by atoms with Crippen LogP contribution in [0.4, 0.5) is 0 Å². The van der Waals surface area contributed by atoms with Crippen molar-refractivity contribution in [1.82, 2.24) is 9.55 Å². The average Bonchev–Trinajstić information content (AvgIpc) is 2.93. The van der Waals surface area contributed by atoms with Crippen LogP contribution in [-0.2, 0) is 13.0 Å². The van der Waals surface area contributed by atoms with Gasteiger partial charge in [-0.05, 0) is 31.2 Å². The maximum Gasteiger partial charge on any atom is 0.0948 e. The monoisotopic (exact) mass is 193 g/mol. The normalized spacial score (nSPS) is 18.4. The summed E-state index contributed by atoms with van der Waals surface area (Å²) in [5.41, 5.74) is 6.83. The summed E-state index contributed by atoms with van der Waals surface area (Å²) in [6, 6.07) is 0. The summed E-state index contributed by atoms with van der Waals surface area (Å²) in [5.74, 6) is 1.75. The van der Waals surface area contributed by atoms with Crippen molar-refractivity contribution in [3.8, 4) is 0 Å². The lowest BCUT2D eigenvalue weighted by Gasteiger charge is -2.13. The molecule has 0 aromatic carbocycles. The maximum atomic E-state index is 5.55. The zero-order valence-corrected chi connectivity index (χ0v) is 8.82. The molecule has 1 fully saturated rings. The molecule has 2 N–H and O–H groups in total. The van der Waals surface area contributed by atoms with E-state index >= 15 is 0 Å². The molecule has 0 spiro atoms. The van der Waals surface area contributed by atoms with E-state index in [0.29, 0.717) is 6.54 Å². The predicted molar refractivity (Wildman–Crippen MR) is 56.9 cm³/mol. The van der Waals surface area contributed by atoms with Crippen LogP contribution >= 0.6 is 0 Å². The molecule has 1 heterocycles. The van der Waals surface area contributed by atoms with E-state index in [4.69, 9.17) is 5.73 Å². The van der Waals surface area contributed by atoms with Crippen molar-refractivity contribution in [3.63, 3.8) is 0 Å². The summed E-state index contributed by atoms with van der Waals surface area (Å²) in [6.07, 6.45) is 7.65. The van der Waals surface area contributed by atoms with Gasteiger partial charge in [0.25, 0.3) is 0 Å². The van der Waals surface area contributed by atoms with E-state index in [0.717, 1.165) is 24.8 Å². The van der Waals surface area contributed by atoms with E-state index in [1.54, 1.807) is 0 Å². The van der Waals surface area contributed by atoms with Crippen molar-refractivity contribution in [3.05, 3.63) is 18.2 Å². The maximum absolute atomic E-state index is 5.55. The Kier molecular flexibility index (Phi) is 2.87. The van der Waals surface area contributed by atoms with Gasteiger partial charge in [0.15, 0.2) is 0 Å². The van der Waals surface area contributed by atoms with E-state index in [1.165, 1.54) is 18.5 Å². The number of nitrogens with zero attached hydrogens (tertiary/aromatic N) is 2. The largest absolute Gasteiger partial charge is 0.334 e. The molecule has 0 radical (unpaired) electrons. The van der Waals surface area contributed by atoms with Crippen molar-refractivity contribution in [2.24, 2.45) is 17.6 Å². The summed E-state index contributed by atoms with van der Waals surface area (Å²) in [5, 5.41) is 0. The fraction of sp³-hybridized carbons (Fsp3) is 0.727. The molecule has 1 atom stereocenters. The molecule has 78 valence electrons. The molecular weight excluding hydrogens is 174 g/mol. The summed E-state index contributed by atoms with van der Waals surface area (Å²) < 4.78 is 2.26. The third kappa shape index (κ3) is 2.15. The first-order valence-electron chi connectivity index (χ1n) is 5.50. The molecule has 0 amide bonds. The first kappa shape index (κ1) is 9.71. The molecule has 1 aromatic rings. The Balaban J connectivity index is 1.96. The van der Waals surface area contributed by atoms with Gasteiger partial charge in [-0.15, -0.1) is 0 Å². The Bertz CT molecular complexity index is 288. The molecular formula is C11H19N3. The highest BCUT2D eigenvalue weighted by Crippen LogP contribution is 2.37. The van der Waals surface area contributed by atoms with Crippen molar-refractivity contribution < 1.29 is 0 Å². The summed E-state index contributed by atoms with van der Waals surface area (Å²) in [4.78, 5) is 4.18. The lowest BCUT2D eigenvalue weighted by molar-refractivity contribution is 0.423. The van der Waals surface area contributed by atoms with Crippen LogP contribution < -0.4 is 5.73 Å². The lowest BCUT2D eigenvalue weighted by Crippen LogP contribution is -2.13. The quantitative estimate of drug-likeness (QED) is 0.768. The van der Waals surface area contributed by atoms with Crippen molar-refractivity contribution in [2.45, 2.75) is 32.7 Å². The zero-order valence-electron chi connectivity index (χ0n) is 8.82. The molecule has 14 heavy (non-hydrogen) atoms. The Morgan fingerprint density at radius 3 is 3.07 bits per heavy atom. The second kappa shape index (κ2) is 4.13. The zero-order chi connectivity index (χ0) is 9.97. The Hall–Kier alpha value is -0.830. The van der Waals surface area contributed by atoms with Crippen molar-refractivity contribution >= 4 is 0 Å². The number of nitrogens with two attached hydrogens (primary N) is 1. The van der Waals surface area contributed by atoms with Gasteiger partial charge in [0.2, 0.25) is 0 Å². The fourth-order valence-corrected chi connectivity index (χ4v) is 1.99. The molecule has 1 aliphatic rings. The van der Waals surface area contributed by atoms with Crippen LogP contribution in [0.3, 0.4) is 0 Å². The van der Waals surface area contributed by atoms with Gasteiger partial charge in [-0.25, -0.2) is 4.98 Å². The van der Waals surface area contributed by atoms with Crippen molar-refractivity contribution in [1.29, 1.82) is 0 Å². The predicted octanol–water partition coefficient (Wildman–Crippen LogP) is 1.43. The standard InChI is InChI=1S/C11H19N3/c1-9(10-2-3-10)7-14-8-13-6-11(14)4-5-12/h6,8-10H,2-5,7,12H2,1H3. The van der Waals surface area contributed by atoms with Crippen LogP contribution in [0.2, 0.25) is 0 Å². The van der Waals surface area contributed by atoms with Gasteiger partial charge < -0.3 is 10.3 Å². The first-order chi connectivity index (χ1) is 6.81. The topological polar surface area (TPSA) is 43.8 Å². The summed E-state index contributed by atoms with van der Waals surface area (Å²) in [6.45, 7) is 4.16. The number of imidazole rings is 1. The Labute approximate surface area is 85.3 Å². The molecule has 2 rings (SSSR count). The van der Waals surface area contributed by atoms with Crippen LogP contribution in [0.5, 0.6) is 0 Å². The number of hydrogen-bond donors (Lipinski definition) is 1. The molecule has 1 unspecified atom stereocenters. The average molecular weight is 193 g/mol. The summed E-state index contributed by atoms with van der Waals surface area (Å²) >= 11 is 0. The molecule has 0 aliphatic heterocycles.